The van der Waals surface area contributed by atoms with E-state index < -0.39 is 0 Å². The molecule has 9 heteroatoms. The van der Waals surface area contributed by atoms with E-state index in [2.05, 4.69) is 15.1 Å². The molecule has 158 valence electrons. The Morgan fingerprint density at radius 1 is 1.06 bits per heavy atom. The van der Waals surface area contributed by atoms with Gasteiger partial charge in [-0.05, 0) is 31.3 Å². The van der Waals surface area contributed by atoms with E-state index in [4.69, 9.17) is 11.6 Å². The molecular weight excluding hydrogens is 416 g/mol. The smallest absolute Gasteiger partial charge is 0.240 e. The first-order chi connectivity index (χ1) is 14.9. The molecule has 1 N–H and O–H groups in total. The summed E-state index contributed by atoms with van der Waals surface area (Å²) in [7, 11) is 3.47. The van der Waals surface area contributed by atoms with Gasteiger partial charge in [-0.3, -0.25) is 9.69 Å². The Bertz CT molecular complexity index is 1230. The fourth-order valence-corrected chi connectivity index (χ4v) is 3.52. The van der Waals surface area contributed by atoms with Crippen molar-refractivity contribution in [1.29, 1.82) is 0 Å². The van der Waals surface area contributed by atoms with E-state index in [-0.39, 0.29) is 24.9 Å². The predicted molar refractivity (Wildman–Crippen MR) is 120 cm³/mol. The number of likely N-dealkylation sites (N-methyl/N-ethyl adjacent to an activating group) is 2. The summed E-state index contributed by atoms with van der Waals surface area (Å²) in [6.07, 6.45) is 1.53. The summed E-state index contributed by atoms with van der Waals surface area (Å²) in [6.45, 7) is 0.396. The van der Waals surface area contributed by atoms with Crippen LogP contribution in [0, 0.1) is 0 Å². The number of benzene rings is 2. The molecule has 4 rings (SSSR count). The Hall–Kier alpha value is -3.49. The topological polar surface area (TPSA) is 87.4 Å². The number of aromatic nitrogens is 4. The standard InChI is InChI=1S/C22H21ClN6O2/c1-27(14-20(30)28(2)18-11-7-6-10-17(18)23)13-19-25-21-16(22(31)26-19)12-24-29(21)15-8-4-3-5-9-15/h3-12H,13-14H2,1-2H3,(H,25,26,31). The number of amides is 1. The Balaban J connectivity index is 1.53. The summed E-state index contributed by atoms with van der Waals surface area (Å²) in [5.74, 6) is 0.115. The Kier molecular flexibility index (Phi) is 5.83. The van der Waals surface area contributed by atoms with Crippen molar-refractivity contribution in [3.05, 3.63) is 71.6 Å². The first-order valence-electron chi connectivity index (χ1n) is 9.62. The molecule has 2 aromatic carbocycles. The van der Waals surface area contributed by atoms with Gasteiger partial charge in [0.25, 0.3) is 0 Å². The van der Waals surface area contributed by atoms with Gasteiger partial charge in [0.1, 0.15) is 11.2 Å². The van der Waals surface area contributed by atoms with Gasteiger partial charge in [-0.25, -0.2) is 9.67 Å². The Morgan fingerprint density at radius 3 is 2.52 bits per heavy atom. The van der Waals surface area contributed by atoms with Gasteiger partial charge in [0, 0.05) is 7.05 Å². The summed E-state index contributed by atoms with van der Waals surface area (Å²) >= 11 is 6.19. The lowest BCUT2D eigenvalue weighted by Gasteiger charge is -2.22. The van der Waals surface area contributed by atoms with E-state index in [9.17, 15) is 9.90 Å². The van der Waals surface area contributed by atoms with Crippen LogP contribution >= 0.6 is 11.6 Å². The van der Waals surface area contributed by atoms with Crippen molar-refractivity contribution in [3.8, 4) is 11.6 Å². The van der Waals surface area contributed by atoms with Crippen LogP contribution in [0.5, 0.6) is 5.88 Å². The maximum Gasteiger partial charge on any atom is 0.240 e. The van der Waals surface area contributed by atoms with Crippen LogP contribution in [0.1, 0.15) is 5.82 Å². The maximum absolute atomic E-state index is 12.7. The number of aromatic hydroxyl groups is 1. The Labute approximate surface area is 184 Å². The zero-order valence-electron chi connectivity index (χ0n) is 17.1. The van der Waals surface area contributed by atoms with Crippen LogP contribution in [0.15, 0.2) is 60.8 Å². The molecule has 8 nitrogen and oxygen atoms in total. The number of halogens is 1. The number of carbonyl (C=O) groups excluding carboxylic acids is 1. The Morgan fingerprint density at radius 2 is 1.77 bits per heavy atom. The van der Waals surface area contributed by atoms with Crippen molar-refractivity contribution >= 4 is 34.2 Å². The highest BCUT2D eigenvalue weighted by molar-refractivity contribution is 6.33. The molecule has 0 spiro atoms. The van der Waals surface area contributed by atoms with Gasteiger partial charge >= 0.3 is 0 Å². The molecule has 4 aromatic rings. The number of fused-ring (bicyclic) bond motifs is 1. The van der Waals surface area contributed by atoms with Crippen LogP contribution in [0.4, 0.5) is 5.69 Å². The van der Waals surface area contributed by atoms with Crippen molar-refractivity contribution in [3.63, 3.8) is 0 Å². The first-order valence-corrected chi connectivity index (χ1v) is 10.0. The molecule has 2 heterocycles. The van der Waals surface area contributed by atoms with Gasteiger partial charge in [-0.2, -0.15) is 10.1 Å². The molecule has 1 amide bonds. The van der Waals surface area contributed by atoms with Crippen LogP contribution < -0.4 is 4.90 Å². The molecule has 0 aliphatic carbocycles. The zero-order valence-corrected chi connectivity index (χ0v) is 17.9. The molecule has 0 saturated carbocycles. The normalized spacial score (nSPS) is 11.2. The van der Waals surface area contributed by atoms with Crippen molar-refractivity contribution in [2.45, 2.75) is 6.54 Å². The zero-order chi connectivity index (χ0) is 22.0. The lowest BCUT2D eigenvalue weighted by atomic mass is 10.3. The van der Waals surface area contributed by atoms with E-state index in [1.807, 2.05) is 42.5 Å². The number of anilines is 1. The van der Waals surface area contributed by atoms with Gasteiger partial charge < -0.3 is 10.0 Å². The fraction of sp³-hybridized carbons (Fsp3) is 0.182. The number of hydrogen-bond donors (Lipinski definition) is 1. The highest BCUT2D eigenvalue weighted by atomic mass is 35.5. The number of hydrogen-bond acceptors (Lipinski definition) is 6. The fourth-order valence-electron chi connectivity index (χ4n) is 3.26. The second kappa shape index (κ2) is 8.71. The average Bonchev–Trinajstić information content (AvgIpc) is 3.18. The summed E-state index contributed by atoms with van der Waals surface area (Å²) < 4.78 is 1.65. The quantitative estimate of drug-likeness (QED) is 0.499. The largest absolute Gasteiger partial charge is 0.493 e. The highest BCUT2D eigenvalue weighted by Gasteiger charge is 2.18. The second-order valence-corrected chi connectivity index (χ2v) is 7.58. The minimum atomic E-state index is -0.143. The second-order valence-electron chi connectivity index (χ2n) is 7.17. The molecular formula is C22H21ClN6O2. The number of carbonyl (C=O) groups is 1. The van der Waals surface area contributed by atoms with Crippen LogP contribution in [-0.2, 0) is 11.3 Å². The lowest BCUT2D eigenvalue weighted by molar-refractivity contribution is -0.119. The molecule has 0 aliphatic rings. The molecule has 0 fully saturated rings. The highest BCUT2D eigenvalue weighted by Crippen LogP contribution is 2.25. The molecule has 0 saturated heterocycles. The van der Waals surface area contributed by atoms with Gasteiger partial charge in [0.2, 0.25) is 11.8 Å². The summed E-state index contributed by atoms with van der Waals surface area (Å²) in [5, 5.41) is 15.7. The predicted octanol–water partition coefficient (Wildman–Crippen LogP) is 3.27. The summed E-state index contributed by atoms with van der Waals surface area (Å²) in [4.78, 5) is 24.7. The van der Waals surface area contributed by atoms with Gasteiger partial charge in [-0.15, -0.1) is 0 Å². The third-order valence-electron chi connectivity index (χ3n) is 4.86. The average molecular weight is 437 g/mol. The van der Waals surface area contributed by atoms with Crippen molar-refractivity contribution < 1.29 is 9.90 Å². The van der Waals surface area contributed by atoms with Crippen molar-refractivity contribution in [2.75, 3.05) is 25.5 Å². The molecule has 0 unspecified atom stereocenters. The van der Waals surface area contributed by atoms with E-state index in [1.165, 1.54) is 11.1 Å². The molecule has 2 aromatic heterocycles. The van der Waals surface area contributed by atoms with E-state index >= 15 is 0 Å². The first kappa shape index (κ1) is 20.8. The van der Waals surface area contributed by atoms with Crippen molar-refractivity contribution in [1.82, 2.24) is 24.6 Å². The number of rotatable bonds is 6. The van der Waals surface area contributed by atoms with Crippen LogP contribution in [0.2, 0.25) is 5.02 Å². The van der Waals surface area contributed by atoms with Crippen LogP contribution in [0.3, 0.4) is 0 Å². The number of nitrogens with zero attached hydrogens (tertiary/aromatic N) is 6. The van der Waals surface area contributed by atoms with E-state index in [0.717, 1.165) is 5.69 Å². The van der Waals surface area contributed by atoms with Gasteiger partial charge in [0.05, 0.1) is 35.7 Å². The van der Waals surface area contributed by atoms with Gasteiger partial charge in [0.15, 0.2) is 5.65 Å². The molecule has 31 heavy (non-hydrogen) atoms. The van der Waals surface area contributed by atoms with Crippen molar-refractivity contribution in [2.24, 2.45) is 0 Å². The lowest BCUT2D eigenvalue weighted by Crippen LogP contribution is -2.36. The SMILES string of the molecule is CN(CC(=O)N(C)c1ccccc1Cl)Cc1nc(O)c2cnn(-c3ccccc3)c2n1. The maximum atomic E-state index is 12.7. The number of para-hydroxylation sites is 2. The van der Waals surface area contributed by atoms with Crippen LogP contribution in [-0.4, -0.2) is 56.3 Å². The minimum Gasteiger partial charge on any atom is -0.493 e. The van der Waals surface area contributed by atoms with Gasteiger partial charge in [-0.1, -0.05) is 41.9 Å². The monoisotopic (exact) mass is 436 g/mol. The molecule has 0 aliphatic heterocycles. The molecule has 0 atom stereocenters. The van der Waals surface area contributed by atoms with E-state index in [1.54, 1.807) is 35.8 Å². The molecule has 0 bridgehead atoms. The summed E-state index contributed by atoms with van der Waals surface area (Å²) in [5.41, 5.74) is 1.97. The van der Waals surface area contributed by atoms with E-state index in [0.29, 0.717) is 27.6 Å². The van der Waals surface area contributed by atoms with Crippen LogP contribution in [0.25, 0.3) is 16.7 Å². The third-order valence-corrected chi connectivity index (χ3v) is 5.18. The minimum absolute atomic E-state index is 0.127. The summed E-state index contributed by atoms with van der Waals surface area (Å²) in [6, 6.07) is 16.7. The third kappa shape index (κ3) is 4.35. The molecule has 0 radical (unpaired) electrons.